The van der Waals surface area contributed by atoms with Crippen molar-refractivity contribution < 1.29 is 9.53 Å². The normalized spacial score (nSPS) is 10.4. The van der Waals surface area contributed by atoms with E-state index in [1.54, 1.807) is 12.1 Å². The SMILES string of the molecule is CC(=O)Oc1cc(C#N)ccc1-c1ncnc2c1ccn2C. The number of benzene rings is 1. The number of esters is 1. The Morgan fingerprint density at radius 2 is 2.14 bits per heavy atom. The number of aromatic nitrogens is 3. The van der Waals surface area contributed by atoms with Crippen molar-refractivity contribution in [1.29, 1.82) is 5.26 Å². The van der Waals surface area contributed by atoms with E-state index in [4.69, 9.17) is 10.00 Å². The minimum absolute atomic E-state index is 0.315. The zero-order valence-electron chi connectivity index (χ0n) is 12.1. The average Bonchev–Trinajstić information content (AvgIpc) is 2.88. The lowest BCUT2D eigenvalue weighted by Gasteiger charge is -2.09. The number of hydrogen-bond acceptors (Lipinski definition) is 5. The zero-order valence-corrected chi connectivity index (χ0v) is 12.1. The summed E-state index contributed by atoms with van der Waals surface area (Å²) in [6.45, 7) is 1.32. The smallest absolute Gasteiger partial charge is 0.308 e. The molecule has 0 spiro atoms. The highest BCUT2D eigenvalue weighted by Gasteiger charge is 2.15. The van der Waals surface area contributed by atoms with E-state index in [0.29, 0.717) is 22.6 Å². The van der Waals surface area contributed by atoms with Crippen LogP contribution in [0.4, 0.5) is 0 Å². The maximum absolute atomic E-state index is 11.3. The van der Waals surface area contributed by atoms with Gasteiger partial charge in [-0.15, -0.1) is 0 Å². The first-order valence-electron chi connectivity index (χ1n) is 6.59. The van der Waals surface area contributed by atoms with Gasteiger partial charge in [-0.1, -0.05) is 0 Å². The summed E-state index contributed by atoms with van der Waals surface area (Å²) < 4.78 is 7.13. The Bertz CT molecular complexity index is 922. The maximum atomic E-state index is 11.3. The second kappa shape index (κ2) is 5.30. The summed E-state index contributed by atoms with van der Waals surface area (Å²) >= 11 is 0. The van der Waals surface area contributed by atoms with E-state index in [2.05, 4.69) is 9.97 Å². The van der Waals surface area contributed by atoms with E-state index in [1.165, 1.54) is 19.3 Å². The molecule has 22 heavy (non-hydrogen) atoms. The minimum Gasteiger partial charge on any atom is -0.426 e. The molecule has 0 aliphatic heterocycles. The number of nitriles is 1. The van der Waals surface area contributed by atoms with Crippen molar-refractivity contribution in [3.8, 4) is 23.1 Å². The van der Waals surface area contributed by atoms with E-state index >= 15 is 0 Å². The highest BCUT2D eigenvalue weighted by atomic mass is 16.5. The molecule has 1 aromatic carbocycles. The van der Waals surface area contributed by atoms with E-state index in [1.807, 2.05) is 29.9 Å². The highest BCUT2D eigenvalue weighted by Crippen LogP contribution is 2.33. The van der Waals surface area contributed by atoms with E-state index in [0.717, 1.165) is 11.0 Å². The summed E-state index contributed by atoms with van der Waals surface area (Å²) in [5.41, 5.74) is 2.50. The fourth-order valence-electron chi connectivity index (χ4n) is 2.32. The summed E-state index contributed by atoms with van der Waals surface area (Å²) in [6.07, 6.45) is 3.35. The molecule has 3 rings (SSSR count). The third-order valence-electron chi connectivity index (χ3n) is 3.28. The van der Waals surface area contributed by atoms with Crippen LogP contribution in [0.2, 0.25) is 0 Å². The second-order valence-corrected chi connectivity index (χ2v) is 4.80. The molecule has 0 atom stereocenters. The second-order valence-electron chi connectivity index (χ2n) is 4.80. The number of rotatable bonds is 2. The van der Waals surface area contributed by atoms with Crippen LogP contribution in [0.5, 0.6) is 5.75 Å². The highest BCUT2D eigenvalue weighted by molar-refractivity contribution is 5.93. The van der Waals surface area contributed by atoms with Crippen LogP contribution in [0, 0.1) is 11.3 Å². The molecule has 0 radical (unpaired) electrons. The number of carbonyl (C=O) groups excluding carboxylic acids is 1. The first-order chi connectivity index (χ1) is 10.6. The quantitative estimate of drug-likeness (QED) is 0.535. The van der Waals surface area contributed by atoms with Gasteiger partial charge in [0.05, 0.1) is 17.3 Å². The molecule has 0 aliphatic carbocycles. The number of carbonyl (C=O) groups is 1. The van der Waals surface area contributed by atoms with Crippen molar-refractivity contribution >= 4 is 17.0 Å². The Morgan fingerprint density at radius 3 is 2.86 bits per heavy atom. The van der Waals surface area contributed by atoms with Crippen LogP contribution >= 0.6 is 0 Å². The minimum atomic E-state index is -0.449. The molecule has 0 amide bonds. The van der Waals surface area contributed by atoms with Crippen molar-refractivity contribution in [3.05, 3.63) is 42.4 Å². The molecule has 3 aromatic rings. The molecule has 0 saturated heterocycles. The number of aryl methyl sites for hydroxylation is 1. The Morgan fingerprint density at radius 1 is 1.32 bits per heavy atom. The molecule has 2 aromatic heterocycles. The maximum Gasteiger partial charge on any atom is 0.308 e. The molecule has 0 bridgehead atoms. The summed E-state index contributed by atoms with van der Waals surface area (Å²) in [5.74, 6) is -0.134. The fraction of sp³-hybridized carbons (Fsp3) is 0.125. The largest absolute Gasteiger partial charge is 0.426 e. The van der Waals surface area contributed by atoms with Crippen LogP contribution in [-0.2, 0) is 11.8 Å². The van der Waals surface area contributed by atoms with Crippen LogP contribution in [0.3, 0.4) is 0 Å². The molecule has 6 nitrogen and oxygen atoms in total. The fourth-order valence-corrected chi connectivity index (χ4v) is 2.32. The summed E-state index contributed by atoms with van der Waals surface area (Å²) in [5, 5.41) is 9.86. The van der Waals surface area contributed by atoms with E-state index < -0.39 is 5.97 Å². The molecule has 0 unspecified atom stereocenters. The van der Waals surface area contributed by atoms with Gasteiger partial charge in [0.1, 0.15) is 17.7 Å². The molecule has 0 N–H and O–H groups in total. The first-order valence-corrected chi connectivity index (χ1v) is 6.59. The lowest BCUT2D eigenvalue weighted by Crippen LogP contribution is -2.03. The standard InChI is InChI=1S/C16H12N4O2/c1-10(21)22-14-7-11(8-17)3-4-12(14)15-13-5-6-20(2)16(13)19-9-18-15/h3-7,9H,1-2H3. The molecular weight excluding hydrogens is 280 g/mol. The van der Waals surface area contributed by atoms with Crippen LogP contribution in [-0.4, -0.2) is 20.5 Å². The summed E-state index contributed by atoms with van der Waals surface area (Å²) in [6, 6.07) is 8.86. The Kier molecular flexibility index (Phi) is 3.31. The van der Waals surface area contributed by atoms with Crippen LogP contribution < -0.4 is 4.74 Å². The van der Waals surface area contributed by atoms with Gasteiger partial charge < -0.3 is 9.30 Å². The Labute approximate surface area is 126 Å². The van der Waals surface area contributed by atoms with Crippen LogP contribution in [0.1, 0.15) is 12.5 Å². The number of nitrogens with zero attached hydrogens (tertiary/aromatic N) is 4. The van der Waals surface area contributed by atoms with Gasteiger partial charge in [-0.05, 0) is 24.3 Å². The van der Waals surface area contributed by atoms with Gasteiger partial charge in [0.2, 0.25) is 0 Å². The third-order valence-corrected chi connectivity index (χ3v) is 3.28. The zero-order chi connectivity index (χ0) is 15.7. The van der Waals surface area contributed by atoms with Gasteiger partial charge in [-0.3, -0.25) is 4.79 Å². The number of ether oxygens (including phenoxy) is 1. The van der Waals surface area contributed by atoms with Gasteiger partial charge >= 0.3 is 5.97 Å². The average molecular weight is 292 g/mol. The summed E-state index contributed by atoms with van der Waals surface area (Å²) in [7, 11) is 1.89. The lowest BCUT2D eigenvalue weighted by atomic mass is 10.1. The topological polar surface area (TPSA) is 80.8 Å². The van der Waals surface area contributed by atoms with Gasteiger partial charge in [0.25, 0.3) is 0 Å². The molecule has 0 aliphatic rings. The number of fused-ring (bicyclic) bond motifs is 1. The molecular formula is C16H12N4O2. The van der Waals surface area contributed by atoms with Gasteiger partial charge in [0, 0.05) is 31.1 Å². The Balaban J connectivity index is 2.26. The van der Waals surface area contributed by atoms with Crippen LogP contribution in [0.15, 0.2) is 36.8 Å². The van der Waals surface area contributed by atoms with Crippen molar-refractivity contribution in [2.75, 3.05) is 0 Å². The molecule has 6 heteroatoms. The number of hydrogen-bond donors (Lipinski definition) is 0. The van der Waals surface area contributed by atoms with E-state index in [9.17, 15) is 4.79 Å². The lowest BCUT2D eigenvalue weighted by molar-refractivity contribution is -0.131. The van der Waals surface area contributed by atoms with Gasteiger partial charge in [0.15, 0.2) is 0 Å². The summed E-state index contributed by atoms with van der Waals surface area (Å²) in [4.78, 5) is 19.9. The monoisotopic (exact) mass is 292 g/mol. The predicted molar refractivity (Wildman–Crippen MR) is 80.0 cm³/mol. The van der Waals surface area contributed by atoms with Crippen molar-refractivity contribution in [3.63, 3.8) is 0 Å². The van der Waals surface area contributed by atoms with Crippen LogP contribution in [0.25, 0.3) is 22.3 Å². The Hall–Kier alpha value is -3.20. The molecule has 0 fully saturated rings. The predicted octanol–water partition coefficient (Wildman–Crippen LogP) is 2.43. The van der Waals surface area contributed by atoms with E-state index in [-0.39, 0.29) is 0 Å². The van der Waals surface area contributed by atoms with Crippen molar-refractivity contribution in [1.82, 2.24) is 14.5 Å². The molecule has 0 saturated carbocycles. The first kappa shape index (κ1) is 13.8. The molecule has 108 valence electrons. The molecule has 2 heterocycles. The van der Waals surface area contributed by atoms with Gasteiger partial charge in [-0.25, -0.2) is 9.97 Å². The van der Waals surface area contributed by atoms with Crippen molar-refractivity contribution in [2.24, 2.45) is 7.05 Å². The van der Waals surface area contributed by atoms with Gasteiger partial charge in [-0.2, -0.15) is 5.26 Å². The van der Waals surface area contributed by atoms with Crippen molar-refractivity contribution in [2.45, 2.75) is 6.92 Å². The third kappa shape index (κ3) is 2.29.